The second-order valence-electron chi connectivity index (χ2n) is 5.72. The molecule has 0 aliphatic rings. The van der Waals surface area contributed by atoms with Crippen LogP contribution in [-0.2, 0) is 6.54 Å². The Balaban J connectivity index is 1.59. The van der Waals surface area contributed by atoms with Crippen LogP contribution in [0.15, 0.2) is 53.9 Å². The maximum atomic E-state index is 12.3. The number of hydrogen-bond donors (Lipinski definition) is 2. The van der Waals surface area contributed by atoms with Crippen molar-refractivity contribution < 1.29 is 19.1 Å². The Hall–Kier alpha value is -3.39. The predicted octanol–water partition coefficient (Wildman–Crippen LogP) is 3.34. The average molecular weight is 397 g/mol. The Morgan fingerprint density at radius 2 is 1.75 bits per heavy atom. The van der Waals surface area contributed by atoms with Gasteiger partial charge in [-0.15, -0.1) is 11.3 Å². The molecule has 0 atom stereocenters. The van der Waals surface area contributed by atoms with Crippen LogP contribution in [0.3, 0.4) is 0 Å². The summed E-state index contributed by atoms with van der Waals surface area (Å²) in [5, 5.41) is 7.44. The predicted molar refractivity (Wildman–Crippen MR) is 107 cm³/mol. The third-order valence-electron chi connectivity index (χ3n) is 3.94. The molecule has 1 heterocycles. The smallest absolute Gasteiger partial charge is 0.271 e. The van der Waals surface area contributed by atoms with E-state index < -0.39 is 0 Å². The number of ether oxygens (including phenoxy) is 2. The highest BCUT2D eigenvalue weighted by atomic mass is 32.1. The molecule has 0 radical (unpaired) electrons. The van der Waals surface area contributed by atoms with E-state index in [1.807, 2.05) is 24.3 Å². The van der Waals surface area contributed by atoms with Crippen LogP contribution in [0.4, 0.5) is 5.13 Å². The van der Waals surface area contributed by atoms with Crippen molar-refractivity contribution >= 4 is 28.3 Å². The topological polar surface area (TPSA) is 89.5 Å². The molecule has 0 unspecified atom stereocenters. The summed E-state index contributed by atoms with van der Waals surface area (Å²) in [5.41, 5.74) is 1.57. The fourth-order valence-electron chi connectivity index (χ4n) is 2.46. The van der Waals surface area contributed by atoms with Crippen molar-refractivity contribution in [3.05, 3.63) is 70.7 Å². The fourth-order valence-corrected chi connectivity index (χ4v) is 3.15. The zero-order valence-corrected chi connectivity index (χ0v) is 16.2. The van der Waals surface area contributed by atoms with E-state index in [4.69, 9.17) is 9.47 Å². The number of hydrogen-bond acceptors (Lipinski definition) is 6. The van der Waals surface area contributed by atoms with Crippen LogP contribution in [0, 0.1) is 0 Å². The number of anilines is 1. The summed E-state index contributed by atoms with van der Waals surface area (Å²) in [5.74, 6) is 0.735. The Morgan fingerprint density at radius 1 is 1.00 bits per heavy atom. The van der Waals surface area contributed by atoms with Crippen LogP contribution in [-0.4, -0.2) is 31.0 Å². The normalized spacial score (nSPS) is 10.2. The van der Waals surface area contributed by atoms with E-state index >= 15 is 0 Å². The summed E-state index contributed by atoms with van der Waals surface area (Å²) in [6, 6.07) is 14.2. The molecule has 0 saturated heterocycles. The van der Waals surface area contributed by atoms with Gasteiger partial charge in [0.15, 0.2) is 5.13 Å². The minimum Gasteiger partial charge on any atom is -0.497 e. The number of benzene rings is 2. The van der Waals surface area contributed by atoms with Gasteiger partial charge in [0.05, 0.1) is 14.2 Å². The Kier molecular flexibility index (Phi) is 6.23. The third-order valence-corrected chi connectivity index (χ3v) is 4.70. The minimum atomic E-state index is -0.327. The molecule has 2 N–H and O–H groups in total. The lowest BCUT2D eigenvalue weighted by Gasteiger charge is -2.08. The number of rotatable bonds is 7. The standard InChI is InChI=1S/C20H19N3O4S/c1-26-15-9-7-13(8-10-15)18(24)23-20-22-16(12-28-20)19(25)21-11-14-5-3-4-6-17(14)27-2/h3-10,12H,11H2,1-2H3,(H,21,25)(H,22,23,24). The number of thiazole rings is 1. The molecule has 1 aromatic heterocycles. The summed E-state index contributed by atoms with van der Waals surface area (Å²) >= 11 is 1.18. The van der Waals surface area contributed by atoms with E-state index in [0.29, 0.717) is 28.7 Å². The van der Waals surface area contributed by atoms with Gasteiger partial charge >= 0.3 is 0 Å². The number of nitrogens with zero attached hydrogens (tertiary/aromatic N) is 1. The van der Waals surface area contributed by atoms with E-state index in [0.717, 1.165) is 5.56 Å². The maximum Gasteiger partial charge on any atom is 0.271 e. The third kappa shape index (κ3) is 4.66. The van der Waals surface area contributed by atoms with E-state index in [9.17, 15) is 9.59 Å². The van der Waals surface area contributed by atoms with Crippen LogP contribution in [0.25, 0.3) is 0 Å². The van der Waals surface area contributed by atoms with Crippen molar-refractivity contribution in [1.29, 1.82) is 0 Å². The van der Waals surface area contributed by atoms with Crippen molar-refractivity contribution in [1.82, 2.24) is 10.3 Å². The molecule has 2 amide bonds. The van der Waals surface area contributed by atoms with Gasteiger partial charge in [0.2, 0.25) is 0 Å². The molecule has 0 spiro atoms. The number of carbonyl (C=O) groups is 2. The van der Waals surface area contributed by atoms with Crippen LogP contribution in [0.5, 0.6) is 11.5 Å². The molecule has 7 nitrogen and oxygen atoms in total. The maximum absolute atomic E-state index is 12.3. The Labute approximate surface area is 166 Å². The number of amides is 2. The van der Waals surface area contributed by atoms with E-state index in [1.165, 1.54) is 11.3 Å². The van der Waals surface area contributed by atoms with Crippen LogP contribution in [0.1, 0.15) is 26.4 Å². The zero-order chi connectivity index (χ0) is 19.9. The lowest BCUT2D eigenvalue weighted by atomic mass is 10.2. The molecule has 0 aliphatic carbocycles. The average Bonchev–Trinajstić information content (AvgIpc) is 3.20. The molecule has 144 valence electrons. The molecule has 8 heteroatoms. The highest BCUT2D eigenvalue weighted by molar-refractivity contribution is 7.14. The van der Waals surface area contributed by atoms with Gasteiger partial charge in [-0.1, -0.05) is 18.2 Å². The van der Waals surface area contributed by atoms with Gasteiger partial charge < -0.3 is 14.8 Å². The molecule has 0 bridgehead atoms. The summed E-state index contributed by atoms with van der Waals surface area (Å²) in [6.07, 6.45) is 0. The summed E-state index contributed by atoms with van der Waals surface area (Å²) < 4.78 is 10.3. The van der Waals surface area contributed by atoms with E-state index in [-0.39, 0.29) is 17.5 Å². The Bertz CT molecular complexity index is 970. The van der Waals surface area contributed by atoms with Gasteiger partial charge in [0.25, 0.3) is 11.8 Å². The van der Waals surface area contributed by atoms with Crippen LogP contribution in [0.2, 0.25) is 0 Å². The summed E-state index contributed by atoms with van der Waals surface area (Å²) in [4.78, 5) is 28.8. The van der Waals surface area contributed by atoms with Crippen molar-refractivity contribution in [3.8, 4) is 11.5 Å². The highest BCUT2D eigenvalue weighted by Gasteiger charge is 2.14. The lowest BCUT2D eigenvalue weighted by molar-refractivity contribution is 0.0945. The number of aromatic nitrogens is 1. The van der Waals surface area contributed by atoms with E-state index in [2.05, 4.69) is 15.6 Å². The largest absolute Gasteiger partial charge is 0.497 e. The highest BCUT2D eigenvalue weighted by Crippen LogP contribution is 2.19. The van der Waals surface area contributed by atoms with Crippen molar-refractivity contribution in [3.63, 3.8) is 0 Å². The van der Waals surface area contributed by atoms with E-state index in [1.54, 1.807) is 43.9 Å². The van der Waals surface area contributed by atoms with Crippen LogP contribution >= 0.6 is 11.3 Å². The van der Waals surface area contributed by atoms with Crippen molar-refractivity contribution in [2.24, 2.45) is 0 Å². The van der Waals surface area contributed by atoms with Crippen molar-refractivity contribution in [2.45, 2.75) is 6.54 Å². The van der Waals surface area contributed by atoms with Gasteiger partial charge in [0.1, 0.15) is 17.2 Å². The molecule has 0 saturated carbocycles. The first kappa shape index (κ1) is 19.4. The first-order valence-electron chi connectivity index (χ1n) is 8.41. The zero-order valence-electron chi connectivity index (χ0n) is 15.4. The van der Waals surface area contributed by atoms with Gasteiger partial charge in [-0.2, -0.15) is 0 Å². The summed E-state index contributed by atoms with van der Waals surface area (Å²) in [7, 11) is 3.14. The number of carbonyl (C=O) groups excluding carboxylic acids is 2. The van der Waals surface area contributed by atoms with Gasteiger partial charge in [-0.25, -0.2) is 4.98 Å². The molecular formula is C20H19N3O4S. The minimum absolute atomic E-state index is 0.241. The molecule has 0 fully saturated rings. The number of methoxy groups -OCH3 is 2. The second-order valence-corrected chi connectivity index (χ2v) is 6.57. The number of para-hydroxylation sites is 1. The van der Waals surface area contributed by atoms with Gasteiger partial charge in [-0.05, 0) is 30.3 Å². The van der Waals surface area contributed by atoms with Crippen LogP contribution < -0.4 is 20.1 Å². The lowest BCUT2D eigenvalue weighted by Crippen LogP contribution is -2.23. The van der Waals surface area contributed by atoms with Gasteiger partial charge in [0, 0.05) is 23.1 Å². The number of nitrogens with one attached hydrogen (secondary N) is 2. The Morgan fingerprint density at radius 3 is 2.46 bits per heavy atom. The first-order valence-corrected chi connectivity index (χ1v) is 9.29. The molecule has 3 rings (SSSR count). The quantitative estimate of drug-likeness (QED) is 0.638. The first-order chi connectivity index (χ1) is 13.6. The fraction of sp³-hybridized carbons (Fsp3) is 0.150. The van der Waals surface area contributed by atoms with Crippen molar-refractivity contribution in [2.75, 3.05) is 19.5 Å². The monoisotopic (exact) mass is 397 g/mol. The molecule has 28 heavy (non-hydrogen) atoms. The molecule has 0 aliphatic heterocycles. The second kappa shape index (κ2) is 9.01. The molecule has 2 aromatic carbocycles. The van der Waals surface area contributed by atoms with Gasteiger partial charge in [-0.3, -0.25) is 14.9 Å². The molecular weight excluding hydrogens is 378 g/mol. The molecule has 3 aromatic rings. The SMILES string of the molecule is COc1ccc(C(=O)Nc2nc(C(=O)NCc3ccccc3OC)cs2)cc1. The summed E-state index contributed by atoms with van der Waals surface area (Å²) in [6.45, 7) is 0.313.